The van der Waals surface area contributed by atoms with Gasteiger partial charge in [-0.25, -0.2) is 4.98 Å². The maximum atomic E-state index is 12.0. The van der Waals surface area contributed by atoms with Gasteiger partial charge in [-0.05, 0) is 31.9 Å². The topological polar surface area (TPSA) is 45.9 Å². The van der Waals surface area contributed by atoms with Crippen LogP contribution < -0.4 is 4.74 Å². The minimum Gasteiger partial charge on any atom is -0.403 e. The minimum atomic E-state index is -4.82. The van der Waals surface area contributed by atoms with Gasteiger partial charge in [0.05, 0.1) is 8.95 Å². The molecule has 0 aromatic carbocycles. The molecule has 0 aliphatic carbocycles. The number of nitriles is 1. The van der Waals surface area contributed by atoms with E-state index in [0.29, 0.717) is 0 Å². The lowest BCUT2D eigenvalue weighted by atomic mass is 10.3. The Bertz CT molecular complexity index is 427. The van der Waals surface area contributed by atoms with E-state index >= 15 is 0 Å². The molecule has 0 bridgehead atoms. The Hall–Kier alpha value is -0.810. The van der Waals surface area contributed by atoms with Crippen LogP contribution >= 0.6 is 31.9 Å². The molecule has 0 saturated heterocycles. The van der Waals surface area contributed by atoms with Crippen molar-refractivity contribution < 1.29 is 17.9 Å². The summed E-state index contributed by atoms with van der Waals surface area (Å²) in [5.74, 6) is -0.519. The van der Waals surface area contributed by atoms with Gasteiger partial charge in [0.15, 0.2) is 11.4 Å². The van der Waals surface area contributed by atoms with Gasteiger partial charge in [0.25, 0.3) is 0 Å². The highest BCUT2D eigenvalue weighted by molar-refractivity contribution is 9.11. The number of hydrogen-bond acceptors (Lipinski definition) is 3. The second-order valence-electron chi connectivity index (χ2n) is 2.26. The quantitative estimate of drug-likeness (QED) is 0.783. The largest absolute Gasteiger partial charge is 0.573 e. The maximum Gasteiger partial charge on any atom is 0.573 e. The molecule has 15 heavy (non-hydrogen) atoms. The number of aromatic nitrogens is 1. The number of alkyl halides is 3. The second-order valence-corrected chi connectivity index (χ2v) is 3.90. The Morgan fingerprint density at radius 3 is 2.47 bits per heavy atom. The summed E-state index contributed by atoms with van der Waals surface area (Å²) in [7, 11) is 0. The molecule has 0 saturated carbocycles. The zero-order valence-corrected chi connectivity index (χ0v) is 9.94. The molecule has 0 N–H and O–H groups in total. The number of hydrogen-bond donors (Lipinski definition) is 0. The molecule has 1 aromatic heterocycles. The summed E-state index contributed by atoms with van der Waals surface area (Å²) in [6.45, 7) is 0. The van der Waals surface area contributed by atoms with E-state index in [-0.39, 0.29) is 14.6 Å². The van der Waals surface area contributed by atoms with Gasteiger partial charge in [-0.2, -0.15) is 5.26 Å². The molecule has 0 radical (unpaired) electrons. The van der Waals surface area contributed by atoms with E-state index in [1.807, 2.05) is 0 Å². The van der Waals surface area contributed by atoms with Crippen LogP contribution in [0, 0.1) is 11.3 Å². The first-order chi connectivity index (χ1) is 6.85. The fourth-order valence-electron chi connectivity index (χ4n) is 0.736. The molecule has 80 valence electrons. The molecule has 3 nitrogen and oxygen atoms in total. The van der Waals surface area contributed by atoms with Crippen molar-refractivity contribution in [1.29, 1.82) is 5.26 Å². The Kier molecular flexibility index (Phi) is 3.57. The number of nitrogens with zero attached hydrogens (tertiary/aromatic N) is 2. The Morgan fingerprint density at radius 2 is 2.00 bits per heavy atom. The molecule has 0 spiro atoms. The van der Waals surface area contributed by atoms with Crippen LogP contribution in [-0.2, 0) is 0 Å². The first-order valence-corrected chi connectivity index (χ1v) is 4.93. The maximum absolute atomic E-state index is 12.0. The van der Waals surface area contributed by atoms with Gasteiger partial charge in [0.2, 0.25) is 0 Å². The molecule has 0 fully saturated rings. The molecule has 1 rings (SSSR count). The predicted molar refractivity (Wildman–Crippen MR) is 51.0 cm³/mol. The van der Waals surface area contributed by atoms with Gasteiger partial charge in [-0.15, -0.1) is 13.2 Å². The van der Waals surface area contributed by atoms with Crippen LogP contribution in [0.4, 0.5) is 13.2 Å². The molecular formula is C7HBr2F3N2O. The Labute approximate surface area is 99.1 Å². The molecule has 1 aromatic rings. The van der Waals surface area contributed by atoms with Crippen molar-refractivity contribution in [2.45, 2.75) is 6.36 Å². The van der Waals surface area contributed by atoms with Crippen molar-refractivity contribution in [3.8, 4) is 11.8 Å². The fraction of sp³-hybridized carbons (Fsp3) is 0.143. The van der Waals surface area contributed by atoms with Crippen LogP contribution in [0.1, 0.15) is 5.69 Å². The van der Waals surface area contributed by atoms with Crippen molar-refractivity contribution >= 4 is 31.9 Å². The number of ether oxygens (including phenoxy) is 1. The number of halogens is 5. The zero-order valence-electron chi connectivity index (χ0n) is 6.77. The average Bonchev–Trinajstić information content (AvgIpc) is 2.11. The Morgan fingerprint density at radius 1 is 1.40 bits per heavy atom. The van der Waals surface area contributed by atoms with Crippen molar-refractivity contribution in [3.63, 3.8) is 0 Å². The molecule has 0 aliphatic heterocycles. The van der Waals surface area contributed by atoms with Gasteiger partial charge < -0.3 is 4.74 Å². The van der Waals surface area contributed by atoms with Crippen LogP contribution in [0.25, 0.3) is 0 Å². The van der Waals surface area contributed by atoms with Gasteiger partial charge in [-0.3, -0.25) is 0 Å². The van der Waals surface area contributed by atoms with Gasteiger partial charge in [-0.1, -0.05) is 0 Å². The monoisotopic (exact) mass is 344 g/mol. The summed E-state index contributed by atoms with van der Waals surface area (Å²) in [6.07, 6.45) is -3.76. The minimum absolute atomic E-state index is 0.00528. The highest BCUT2D eigenvalue weighted by Crippen LogP contribution is 2.37. The summed E-state index contributed by atoms with van der Waals surface area (Å²) >= 11 is 5.64. The van der Waals surface area contributed by atoms with E-state index in [4.69, 9.17) is 5.26 Å². The number of rotatable bonds is 1. The summed E-state index contributed by atoms with van der Waals surface area (Å²) in [5, 5.41) is 8.54. The smallest absolute Gasteiger partial charge is 0.403 e. The first kappa shape index (κ1) is 12.3. The average molecular weight is 346 g/mol. The third-order valence-electron chi connectivity index (χ3n) is 1.25. The van der Waals surface area contributed by atoms with Crippen molar-refractivity contribution in [3.05, 3.63) is 20.8 Å². The lowest BCUT2D eigenvalue weighted by molar-refractivity contribution is -0.275. The van der Waals surface area contributed by atoms with Crippen molar-refractivity contribution in [2.24, 2.45) is 0 Å². The summed E-state index contributed by atoms with van der Waals surface area (Å²) in [4.78, 5) is 3.58. The molecule has 0 amide bonds. The zero-order chi connectivity index (χ0) is 11.6. The van der Waals surface area contributed by atoms with Crippen LogP contribution in [0.3, 0.4) is 0 Å². The van der Waals surface area contributed by atoms with Crippen LogP contribution in [0.2, 0.25) is 0 Å². The van der Waals surface area contributed by atoms with E-state index in [2.05, 4.69) is 41.6 Å². The van der Waals surface area contributed by atoms with Gasteiger partial charge >= 0.3 is 6.36 Å². The third-order valence-corrected chi connectivity index (χ3v) is 2.56. The van der Waals surface area contributed by atoms with Gasteiger partial charge in [0.1, 0.15) is 6.07 Å². The third kappa shape index (κ3) is 3.07. The van der Waals surface area contributed by atoms with Crippen molar-refractivity contribution in [2.75, 3.05) is 0 Å². The normalized spacial score (nSPS) is 10.9. The molecule has 0 unspecified atom stereocenters. The molecule has 0 atom stereocenters. The molecule has 8 heteroatoms. The van der Waals surface area contributed by atoms with Crippen LogP contribution in [0.15, 0.2) is 15.1 Å². The first-order valence-electron chi connectivity index (χ1n) is 3.35. The number of pyridine rings is 1. The van der Waals surface area contributed by atoms with E-state index < -0.39 is 12.1 Å². The van der Waals surface area contributed by atoms with Crippen molar-refractivity contribution in [1.82, 2.24) is 4.98 Å². The Balaban J connectivity index is 3.23. The van der Waals surface area contributed by atoms with Crippen LogP contribution in [0.5, 0.6) is 5.75 Å². The molecule has 0 aliphatic rings. The summed E-state index contributed by atoms with van der Waals surface area (Å²) < 4.78 is 39.5. The SMILES string of the molecule is N#Cc1ncc(Br)c(OC(F)(F)F)c1Br. The second kappa shape index (κ2) is 4.37. The fourth-order valence-corrected chi connectivity index (χ4v) is 1.87. The lowest BCUT2D eigenvalue weighted by Gasteiger charge is -2.12. The molecular weight excluding hydrogens is 345 g/mol. The highest BCUT2D eigenvalue weighted by Gasteiger charge is 2.33. The highest BCUT2D eigenvalue weighted by atomic mass is 79.9. The van der Waals surface area contributed by atoms with E-state index in [1.165, 1.54) is 0 Å². The predicted octanol–water partition coefficient (Wildman–Crippen LogP) is 3.38. The standard InChI is InChI=1S/C7HBr2F3N2O/c8-3-2-14-4(1-13)5(9)6(3)15-7(10,11)12/h2H. The lowest BCUT2D eigenvalue weighted by Crippen LogP contribution is -2.18. The molecule has 1 heterocycles. The van der Waals surface area contributed by atoms with Crippen LogP contribution in [-0.4, -0.2) is 11.3 Å². The van der Waals surface area contributed by atoms with Gasteiger partial charge in [0, 0.05) is 6.20 Å². The van der Waals surface area contributed by atoms with E-state index in [9.17, 15) is 13.2 Å². The van der Waals surface area contributed by atoms with E-state index in [0.717, 1.165) is 6.20 Å². The summed E-state index contributed by atoms with van der Waals surface area (Å²) in [5.41, 5.74) is -0.183. The summed E-state index contributed by atoms with van der Waals surface area (Å²) in [6, 6.07) is 1.62. The van der Waals surface area contributed by atoms with E-state index in [1.54, 1.807) is 6.07 Å².